The number of nitrogens with one attached hydrogen (secondary N) is 14. The Kier molecular flexibility index (Phi) is 38.5. The number of carboxylic acid groups (broad SMARTS) is 4. The number of anilines is 1. The number of nitrogens with two attached hydrogens (primary N) is 3. The zero-order valence-electron chi connectivity index (χ0n) is 63.4. The van der Waals surface area contributed by atoms with Crippen LogP contribution < -0.4 is 86.3 Å². The van der Waals surface area contributed by atoms with Gasteiger partial charge in [-0.05, 0) is 82.7 Å². The van der Waals surface area contributed by atoms with Gasteiger partial charge in [-0.1, -0.05) is 76.3 Å². The predicted octanol–water partition coefficient (Wildman–Crippen LogP) is -4.59. The van der Waals surface area contributed by atoms with Crippen molar-refractivity contribution in [2.24, 2.45) is 17.4 Å². The molecule has 1 saturated heterocycles. The number of fused-ring (bicyclic) bond motifs is 1. The monoisotopic (exact) mass is 1600 g/mol. The lowest BCUT2D eigenvalue weighted by Gasteiger charge is -2.29. The third kappa shape index (κ3) is 32.3. The van der Waals surface area contributed by atoms with Crippen LogP contribution in [0.25, 0.3) is 10.9 Å². The minimum atomic E-state index is -2.42. The van der Waals surface area contributed by atoms with Gasteiger partial charge < -0.3 is 116 Å². The van der Waals surface area contributed by atoms with Crippen molar-refractivity contribution in [3.63, 3.8) is 0 Å². The van der Waals surface area contributed by atoms with Crippen LogP contribution in [0.5, 0.6) is 0 Å². The Bertz CT molecular complexity index is 4020. The highest BCUT2D eigenvalue weighted by atomic mass is 16.5. The first kappa shape index (κ1) is 93.7. The van der Waals surface area contributed by atoms with Crippen molar-refractivity contribution in [3.8, 4) is 0 Å². The Morgan fingerprint density at radius 2 is 1.07 bits per heavy atom. The minimum Gasteiger partial charge on any atom is -0.481 e. The van der Waals surface area contributed by atoms with Gasteiger partial charge >= 0.3 is 29.8 Å². The molecule has 0 saturated carbocycles. The second-order valence-electron chi connectivity index (χ2n) is 27.3. The number of amides is 14. The van der Waals surface area contributed by atoms with E-state index >= 15 is 0 Å². The van der Waals surface area contributed by atoms with Crippen molar-refractivity contribution in [1.29, 1.82) is 0 Å². The van der Waals surface area contributed by atoms with Crippen LogP contribution in [0.1, 0.15) is 153 Å². The lowest BCUT2D eigenvalue weighted by molar-refractivity contribution is -0.156. The smallest absolute Gasteiger partial charge is 0.329 e. The molecule has 624 valence electrons. The molecule has 114 heavy (non-hydrogen) atoms. The summed E-state index contributed by atoms with van der Waals surface area (Å²) in [7, 11) is 0. The molecule has 42 heteroatoms. The fourth-order valence-electron chi connectivity index (χ4n) is 11.5. The van der Waals surface area contributed by atoms with E-state index in [2.05, 4.69) is 82.6 Å². The van der Waals surface area contributed by atoms with Crippen LogP contribution in [0, 0.1) is 5.92 Å². The summed E-state index contributed by atoms with van der Waals surface area (Å²) in [6.45, 7) is 4.70. The quantitative estimate of drug-likeness (QED) is 0.0116. The molecule has 13 atom stereocenters. The molecule has 2 heterocycles. The summed E-state index contributed by atoms with van der Waals surface area (Å²) < 4.78 is 5.67. The number of H-pyrrole nitrogens is 1. The number of esters is 1. The molecule has 1 aromatic heterocycles. The van der Waals surface area contributed by atoms with Gasteiger partial charge in [0.15, 0.2) is 5.78 Å². The maximum atomic E-state index is 14.8. The highest BCUT2D eigenvalue weighted by Crippen LogP contribution is 2.21. The van der Waals surface area contributed by atoms with Gasteiger partial charge in [0.25, 0.3) is 0 Å². The molecule has 3 aromatic rings. The summed E-state index contributed by atoms with van der Waals surface area (Å²) in [5.41, 5.74) is 18.1. The number of hydrogen-bond donors (Lipinski definition) is 21. The number of carboxylic acids is 4. The number of aromatic amines is 1. The Labute approximate surface area is 652 Å². The number of ether oxygens (including phenoxy) is 1. The molecule has 0 spiro atoms. The molecule has 2 aromatic carbocycles. The third-order valence-corrected chi connectivity index (χ3v) is 18.0. The van der Waals surface area contributed by atoms with Crippen molar-refractivity contribution >= 4 is 135 Å². The largest absolute Gasteiger partial charge is 0.481 e. The number of cyclic esters (lactones) is 1. The Hall–Kier alpha value is -12.7. The van der Waals surface area contributed by atoms with Gasteiger partial charge in [-0.2, -0.15) is 0 Å². The molecule has 1 aliphatic heterocycles. The molecule has 13 unspecified atom stereocenters. The molecule has 42 nitrogen and oxygen atoms in total. The lowest BCUT2D eigenvalue weighted by Crippen LogP contribution is -2.61. The van der Waals surface area contributed by atoms with Crippen molar-refractivity contribution in [1.82, 2.24) is 74.1 Å². The number of Topliss-reactive ketones (excluding diaryl/α,β-unsaturated/α-hetero) is 1. The number of carbonyl (C=O) groups excluding carboxylic acids is 16. The van der Waals surface area contributed by atoms with E-state index in [1.54, 1.807) is 30.5 Å². The standard InChI is InChI=1S/C72H101N17O25/c1-6-35(2)16-9-7-8-10-22-54(92)82-46(26-39-32-76-43-20-14-12-17-40(39)43)68(109)85-47(28-53(75)91)69(110)87-50(31-60(101)102)70(111)89-61-38(5)114-72(113)51(27-52(90)41-18-11-13-19-42(41)74)88-66(107)45(23-24-57(95)96)83-62(103)36(3)79-55(93)33-77-64(105)48(29-58(97)98)84-63(104)37(4)80-67(108)49(30-59(99)100)86-65(106)44(21-15-25-73)81-56(94)34-78-71(61)112/h11-14,17-20,32,35-38,44-51,61,76H,6-10,15-16,21-31,33-34,73-74H2,1-5H3,(H2,75,91)(H,77,105)(H,78,112)(H,79,93)(H,80,108)(H,81,94)(H,82,92)(H,83,103)(H,84,104)(H,85,109)(H,86,106)(H,87,110)(H,88,107)(H,89,111)(H,95,96)(H,97,98)(H,99,100)(H,101,102). The van der Waals surface area contributed by atoms with Gasteiger partial charge in [0.2, 0.25) is 82.7 Å². The zero-order chi connectivity index (χ0) is 85.1. The lowest BCUT2D eigenvalue weighted by atomic mass is 10.00. The maximum absolute atomic E-state index is 14.8. The molecule has 0 bridgehead atoms. The molecule has 0 radical (unpaired) electrons. The topological polar surface area (TPSA) is 682 Å². The van der Waals surface area contributed by atoms with E-state index in [1.165, 1.54) is 24.3 Å². The van der Waals surface area contributed by atoms with E-state index in [-0.39, 0.29) is 43.5 Å². The minimum absolute atomic E-state index is 0.0160. The number of carbonyl (C=O) groups is 20. The van der Waals surface area contributed by atoms with E-state index in [4.69, 9.17) is 21.9 Å². The van der Waals surface area contributed by atoms with Crippen LogP contribution in [0.2, 0.25) is 0 Å². The van der Waals surface area contributed by atoms with Crippen molar-refractivity contribution in [2.75, 3.05) is 25.4 Å². The van der Waals surface area contributed by atoms with Gasteiger partial charge in [0.1, 0.15) is 72.6 Å². The van der Waals surface area contributed by atoms with E-state index < -0.39 is 249 Å². The maximum Gasteiger partial charge on any atom is 0.329 e. The first-order valence-corrected chi connectivity index (χ1v) is 36.7. The average molecular weight is 1600 g/mol. The molecular formula is C72H101N17O25. The van der Waals surface area contributed by atoms with E-state index in [9.17, 15) is 116 Å². The Morgan fingerprint density at radius 3 is 1.68 bits per heavy atom. The zero-order valence-corrected chi connectivity index (χ0v) is 63.4. The number of unbranched alkanes of at least 4 members (excludes halogenated alkanes) is 3. The molecule has 1 aliphatic rings. The highest BCUT2D eigenvalue weighted by molar-refractivity contribution is 6.05. The van der Waals surface area contributed by atoms with Gasteiger partial charge in [0, 0.05) is 54.0 Å². The van der Waals surface area contributed by atoms with Crippen LogP contribution >= 0.6 is 0 Å². The number of aliphatic carboxylic acids is 4. The molecular weight excluding hydrogens is 1500 g/mol. The number of nitrogen functional groups attached to an aromatic ring is 1. The van der Waals surface area contributed by atoms with Gasteiger partial charge in [0.05, 0.1) is 38.8 Å². The average Bonchev–Trinajstić information content (AvgIpc) is 1.66. The molecule has 0 aliphatic carbocycles. The van der Waals surface area contributed by atoms with Crippen LogP contribution in [-0.4, -0.2) is 236 Å². The number of rotatable bonds is 34. The predicted molar refractivity (Wildman–Crippen MR) is 399 cm³/mol. The van der Waals surface area contributed by atoms with Crippen molar-refractivity contribution in [3.05, 3.63) is 65.9 Å². The summed E-state index contributed by atoms with van der Waals surface area (Å²) in [4.78, 5) is 275. The Balaban J connectivity index is 1.84. The van der Waals surface area contributed by atoms with Crippen molar-refractivity contribution < 1.29 is 121 Å². The number of ketones is 1. The number of hydrogen-bond acceptors (Lipinski definition) is 23. The van der Waals surface area contributed by atoms with E-state index in [1.807, 2.05) is 5.32 Å². The molecule has 24 N–H and O–H groups in total. The molecule has 1 fully saturated rings. The number of para-hydroxylation sites is 2. The van der Waals surface area contributed by atoms with Crippen LogP contribution in [0.4, 0.5) is 5.69 Å². The number of aromatic nitrogens is 1. The van der Waals surface area contributed by atoms with Gasteiger partial charge in [-0.15, -0.1) is 0 Å². The first-order chi connectivity index (χ1) is 53.8. The van der Waals surface area contributed by atoms with Crippen LogP contribution in [0.15, 0.2) is 54.7 Å². The molecule has 4 rings (SSSR count). The fourth-order valence-corrected chi connectivity index (χ4v) is 11.5. The van der Waals surface area contributed by atoms with Crippen LogP contribution in [-0.2, 0) is 102 Å². The van der Waals surface area contributed by atoms with E-state index in [0.717, 1.165) is 46.5 Å². The molecule has 14 amide bonds. The summed E-state index contributed by atoms with van der Waals surface area (Å²) in [5.74, 6) is -26.9. The third-order valence-electron chi connectivity index (χ3n) is 18.0. The second-order valence-corrected chi connectivity index (χ2v) is 27.3. The summed E-state index contributed by atoms with van der Waals surface area (Å²) in [6.07, 6.45) is -3.93. The number of benzene rings is 2. The summed E-state index contributed by atoms with van der Waals surface area (Å²) in [6, 6.07) is -9.67. The summed E-state index contributed by atoms with van der Waals surface area (Å²) in [5, 5.41) is 68.5. The van der Waals surface area contributed by atoms with E-state index in [0.29, 0.717) is 35.2 Å². The Morgan fingerprint density at radius 1 is 0.535 bits per heavy atom. The summed E-state index contributed by atoms with van der Waals surface area (Å²) >= 11 is 0. The highest BCUT2D eigenvalue weighted by Gasteiger charge is 2.40. The van der Waals surface area contributed by atoms with Gasteiger partial charge in [-0.3, -0.25) is 91.1 Å². The van der Waals surface area contributed by atoms with Crippen molar-refractivity contribution in [2.45, 2.75) is 216 Å². The fraction of sp³-hybridized carbons (Fsp3) is 0.528. The van der Waals surface area contributed by atoms with Gasteiger partial charge in [-0.25, -0.2) is 4.79 Å². The SMILES string of the molecule is CCC(C)CCCCCCC(=O)NC(Cc1c[nH]c2ccccc12)C(=O)NC(CC(N)=O)C(=O)NC(CC(=O)O)C(=O)NC1C(=O)NCC(=O)NC(CCCN)C(=O)NC(CC(=O)O)C(=O)NC(C)C(=O)NC(CC(=O)O)C(=O)NCC(=O)NC(C)C(=O)NC(CCC(=O)O)C(=O)NC(CC(=O)c2ccccc2N)C(=O)OC1C. The normalized spacial score (nSPS) is 21.3. The second kappa shape index (κ2) is 46.9. The number of primary amides is 1. The first-order valence-electron chi connectivity index (χ1n) is 36.7. The van der Waals surface area contributed by atoms with Crippen LogP contribution in [0.3, 0.4) is 0 Å².